The fraction of sp³-hybridized carbons (Fsp3) is 0.549. The topological polar surface area (TPSA) is 171 Å². The number of hydrazine groups is 1. The maximum atomic E-state index is 14.8. The number of aldehydes is 1. The van der Waals surface area contributed by atoms with Gasteiger partial charge in [0.1, 0.15) is 23.9 Å². The molecule has 3 aromatic rings. The normalized spacial score (nSPS) is 20.0. The average Bonchev–Trinajstić information content (AvgIpc) is 3.90. The zero-order valence-electron chi connectivity index (χ0n) is 42.0. The second-order valence-corrected chi connectivity index (χ2v) is 19.9. The number of allylic oxidation sites excluding steroid dienone is 2. The van der Waals surface area contributed by atoms with Crippen molar-refractivity contribution in [3.63, 3.8) is 0 Å². The molecule has 0 radical (unpaired) electrons. The van der Waals surface area contributed by atoms with Gasteiger partial charge in [-0.15, -0.1) is 11.3 Å². The average molecular weight is 956 g/mol. The van der Waals surface area contributed by atoms with Gasteiger partial charge in [-0.3, -0.25) is 24.4 Å². The minimum Gasteiger partial charge on any atom is -0.378 e. The molecule has 1 fully saturated rings. The quantitative estimate of drug-likeness (QED) is 0.0701. The van der Waals surface area contributed by atoms with Crippen molar-refractivity contribution in [3.8, 4) is 11.3 Å². The molecular weight excluding hydrogens is 883 g/mol. The Bertz CT molecular complexity index is 2400. The van der Waals surface area contributed by atoms with E-state index in [1.807, 2.05) is 46.1 Å². The van der Waals surface area contributed by atoms with Gasteiger partial charge in [0.15, 0.2) is 0 Å². The smallest absolute Gasteiger partial charge is 0.320 e. The number of fused-ring (bicyclic) bond motifs is 6. The van der Waals surface area contributed by atoms with Gasteiger partial charge in [-0.05, 0) is 82.1 Å². The number of aliphatic imine (C=N–C) groups is 1. The van der Waals surface area contributed by atoms with E-state index in [4.69, 9.17) is 19.5 Å². The van der Waals surface area contributed by atoms with Crippen LogP contribution in [0.25, 0.3) is 27.7 Å². The molecule has 5 amide bonds. The van der Waals surface area contributed by atoms with E-state index >= 15 is 0 Å². The Morgan fingerprint density at radius 3 is 2.46 bits per heavy atom. The van der Waals surface area contributed by atoms with Gasteiger partial charge in [0.05, 0.1) is 41.4 Å². The fourth-order valence-electron chi connectivity index (χ4n) is 9.28. The number of benzene rings is 1. The second kappa shape index (κ2) is 23.2. The Kier molecular flexibility index (Phi) is 18.2. The lowest BCUT2D eigenvalue weighted by Crippen LogP contribution is -2.66. The van der Waals surface area contributed by atoms with Gasteiger partial charge in [0.25, 0.3) is 5.91 Å². The van der Waals surface area contributed by atoms with Crippen LogP contribution < -0.4 is 10.7 Å². The zero-order valence-corrected chi connectivity index (χ0v) is 42.8. The molecule has 0 unspecified atom stereocenters. The summed E-state index contributed by atoms with van der Waals surface area (Å²) in [6, 6.07) is 3.85. The first-order valence-electron chi connectivity index (χ1n) is 23.7. The van der Waals surface area contributed by atoms with Crippen molar-refractivity contribution in [2.75, 3.05) is 60.6 Å². The molecule has 5 rings (SSSR count). The van der Waals surface area contributed by atoms with Crippen LogP contribution >= 0.6 is 11.3 Å². The minimum absolute atomic E-state index is 0.0106. The summed E-state index contributed by atoms with van der Waals surface area (Å²) in [6.07, 6.45) is 6.98. The lowest BCUT2D eigenvalue weighted by molar-refractivity contribution is -0.147. The van der Waals surface area contributed by atoms with E-state index < -0.39 is 40.9 Å². The summed E-state index contributed by atoms with van der Waals surface area (Å²) in [5, 5.41) is 8.06. The van der Waals surface area contributed by atoms with Crippen molar-refractivity contribution in [1.82, 2.24) is 40.0 Å². The highest BCUT2D eigenvalue weighted by atomic mass is 32.1. The molecule has 4 heterocycles. The number of carbonyl (C=O) groups excluding carboxylic acids is 5. The lowest BCUT2D eigenvalue weighted by atomic mass is 9.84. The second-order valence-electron chi connectivity index (χ2n) is 19.0. The van der Waals surface area contributed by atoms with E-state index in [0.29, 0.717) is 50.6 Å². The molecule has 6 bridgehead atoms. The third kappa shape index (κ3) is 12.0. The van der Waals surface area contributed by atoms with Gasteiger partial charge in [0.2, 0.25) is 11.8 Å². The first-order chi connectivity index (χ1) is 32.3. The summed E-state index contributed by atoms with van der Waals surface area (Å²) in [4.78, 5) is 82.4. The molecular formula is C51H73N9O7S. The predicted molar refractivity (Wildman–Crippen MR) is 270 cm³/mol. The van der Waals surface area contributed by atoms with Crippen LogP contribution in [-0.2, 0) is 48.0 Å². The van der Waals surface area contributed by atoms with E-state index in [1.54, 1.807) is 27.4 Å². The number of hydrogen-bond donors (Lipinski definition) is 2. The highest BCUT2D eigenvalue weighted by Crippen LogP contribution is 2.40. The minimum atomic E-state index is -1.21. The van der Waals surface area contributed by atoms with E-state index in [0.717, 1.165) is 51.0 Å². The molecule has 2 aliphatic heterocycles. The molecule has 2 aliphatic rings. The van der Waals surface area contributed by atoms with Gasteiger partial charge in [-0.25, -0.2) is 15.2 Å². The number of carbonyl (C=O) groups is 5. The summed E-state index contributed by atoms with van der Waals surface area (Å²) < 4.78 is 14.9. The van der Waals surface area contributed by atoms with Gasteiger partial charge in [-0.1, -0.05) is 53.0 Å². The van der Waals surface area contributed by atoms with Crippen LogP contribution in [0.2, 0.25) is 0 Å². The molecule has 1 aromatic carbocycles. The number of hydrogen-bond acceptors (Lipinski definition) is 11. The van der Waals surface area contributed by atoms with E-state index in [2.05, 4.69) is 67.4 Å². The number of amides is 5. The molecule has 2 aromatic heterocycles. The standard InChI is InChI=1S/C51H73N9O7S/c1-14-36(44(52-16-3)34(8)67-18-5)46-38-28-50(9,10)31-66-32-51(30-61)22-19-23-60(55-51)48(64)39(27-42-53-40(29-68-42)35-20-21-41(37(38)26-35)59(46)17-4)54-47(63)45(33(6)7)58(13)49(65)57(12)25-24-56(11)43(62)15-2/h14-16,20-21,26,29-30,33-34,39,45,55H,1-2,17-19,22-25,27-28,31-32H2,3-13H3,(H,54,63)/b44-36+,52-16?/t34-,39-,45-,51-/m0/s1. The zero-order chi connectivity index (χ0) is 50.1. The van der Waals surface area contributed by atoms with E-state index in [9.17, 15) is 24.0 Å². The molecule has 0 spiro atoms. The number of likely N-dealkylation sites (N-methyl/N-ethyl adjacent to an activating group) is 3. The summed E-state index contributed by atoms with van der Waals surface area (Å²) in [5.41, 5.74) is 7.98. The van der Waals surface area contributed by atoms with E-state index in [1.165, 1.54) is 37.1 Å². The van der Waals surface area contributed by atoms with Crippen molar-refractivity contribution in [2.24, 2.45) is 16.3 Å². The monoisotopic (exact) mass is 956 g/mol. The summed E-state index contributed by atoms with van der Waals surface area (Å²) in [6.45, 7) is 26.1. The van der Waals surface area contributed by atoms with Crippen LogP contribution in [0.15, 0.2) is 59.6 Å². The van der Waals surface area contributed by atoms with Gasteiger partial charge in [0, 0.05) is 94.0 Å². The molecule has 68 heavy (non-hydrogen) atoms. The van der Waals surface area contributed by atoms with Crippen LogP contribution in [0.3, 0.4) is 0 Å². The van der Waals surface area contributed by atoms with Crippen molar-refractivity contribution < 1.29 is 33.4 Å². The molecule has 4 atom stereocenters. The van der Waals surface area contributed by atoms with E-state index in [-0.39, 0.29) is 44.0 Å². The van der Waals surface area contributed by atoms with Crippen molar-refractivity contribution >= 4 is 64.1 Å². The number of aromatic nitrogens is 2. The maximum Gasteiger partial charge on any atom is 0.320 e. The summed E-state index contributed by atoms with van der Waals surface area (Å²) >= 11 is 1.39. The highest BCUT2D eigenvalue weighted by molar-refractivity contribution is 7.10. The third-order valence-corrected chi connectivity index (χ3v) is 13.6. The van der Waals surface area contributed by atoms with Gasteiger partial charge >= 0.3 is 6.03 Å². The number of rotatable bonds is 16. The molecule has 0 saturated carbocycles. The molecule has 2 N–H and O–H groups in total. The maximum absolute atomic E-state index is 14.8. The van der Waals surface area contributed by atoms with Crippen LogP contribution in [0.5, 0.6) is 0 Å². The van der Waals surface area contributed by atoms with Gasteiger partial charge in [-0.2, -0.15) is 0 Å². The SMILES string of the molecule is C=CC(=O)N(C)CCN(C)C(=O)N(C)[C@H](C(=O)N[C@H]1Cc2nc(cs2)-c2ccc3c(c2)c(c(/C(C=C)=C(/N=CC)[C@H](C)OCC)n3CC)CC(C)(C)COC[C@@]2(C=O)CCCN(N2)C1=O)C(C)C. The van der Waals surface area contributed by atoms with Crippen LogP contribution in [0.1, 0.15) is 84.5 Å². The number of nitrogens with zero attached hydrogens (tertiary/aromatic N) is 7. The number of urea groups is 1. The number of aryl methyl sites for hydroxylation is 1. The van der Waals surface area contributed by atoms with Crippen LogP contribution in [0.4, 0.5) is 4.79 Å². The first kappa shape index (κ1) is 53.5. The molecule has 1 saturated heterocycles. The molecule has 16 nitrogen and oxygen atoms in total. The lowest BCUT2D eigenvalue weighted by Gasteiger charge is -2.42. The van der Waals surface area contributed by atoms with Crippen molar-refractivity contribution in [2.45, 2.75) is 111 Å². The van der Waals surface area contributed by atoms with Crippen LogP contribution in [-0.4, -0.2) is 150 Å². The predicted octanol–water partition coefficient (Wildman–Crippen LogP) is 6.54. The first-order valence-corrected chi connectivity index (χ1v) is 24.5. The Morgan fingerprint density at radius 2 is 1.82 bits per heavy atom. The fourth-order valence-corrected chi connectivity index (χ4v) is 10.1. The largest absolute Gasteiger partial charge is 0.378 e. The Balaban J connectivity index is 1.61. The van der Waals surface area contributed by atoms with Crippen molar-refractivity contribution in [3.05, 3.63) is 70.9 Å². The Hall–Kier alpha value is -5.49. The number of ether oxygens (including phenoxy) is 2. The van der Waals surface area contributed by atoms with Gasteiger partial charge < -0.3 is 38.9 Å². The summed E-state index contributed by atoms with van der Waals surface area (Å²) in [5.74, 6) is -1.58. The Labute approximate surface area is 406 Å². The summed E-state index contributed by atoms with van der Waals surface area (Å²) in [7, 11) is 4.79. The van der Waals surface area contributed by atoms with Crippen molar-refractivity contribution in [1.29, 1.82) is 0 Å². The molecule has 17 heteroatoms. The highest BCUT2D eigenvalue weighted by Gasteiger charge is 2.41. The molecule has 370 valence electrons. The third-order valence-electron chi connectivity index (χ3n) is 12.8. The Morgan fingerprint density at radius 1 is 1.10 bits per heavy atom. The van der Waals surface area contributed by atoms with Crippen LogP contribution in [0, 0.1) is 11.3 Å². The molecule has 0 aliphatic carbocycles. The number of thiazole rings is 1. The number of nitrogens with one attached hydrogen (secondary N) is 2.